The Balaban J connectivity index is 1.95. The second kappa shape index (κ2) is 5.31. The van der Waals surface area contributed by atoms with Gasteiger partial charge in [-0.3, -0.25) is 4.79 Å². The van der Waals surface area contributed by atoms with Crippen LogP contribution in [0.2, 0.25) is 0 Å². The fraction of sp³-hybridized carbons (Fsp3) is 0.500. The predicted octanol–water partition coefficient (Wildman–Crippen LogP) is 0.737. The maximum atomic E-state index is 12.9. The van der Waals surface area contributed by atoms with E-state index in [-0.39, 0.29) is 29.3 Å². The van der Waals surface area contributed by atoms with Crippen LogP contribution in [0.3, 0.4) is 0 Å². The van der Waals surface area contributed by atoms with E-state index in [0.29, 0.717) is 12.3 Å². The van der Waals surface area contributed by atoms with Crippen molar-refractivity contribution in [2.24, 2.45) is 0 Å². The average molecular weight is 310 g/mol. The first-order valence-electron chi connectivity index (χ1n) is 6.96. The number of hydrogen-bond donors (Lipinski definition) is 1. The quantitative estimate of drug-likeness (QED) is 0.893. The molecule has 2 fully saturated rings. The Hall–Kier alpha value is -1.60. The summed E-state index contributed by atoms with van der Waals surface area (Å²) < 4.78 is 32.3. The first-order chi connectivity index (χ1) is 10.0. The number of ether oxygens (including phenoxy) is 1. The number of carbonyl (C=O) groups is 1. The molecule has 114 valence electrons. The fourth-order valence-electron chi connectivity index (χ4n) is 3.10. The zero-order valence-electron chi connectivity index (χ0n) is 11.8. The zero-order chi connectivity index (χ0) is 15.0. The summed E-state index contributed by atoms with van der Waals surface area (Å²) in [6, 6.07) is 5.99. The predicted molar refractivity (Wildman–Crippen MR) is 76.5 cm³/mol. The van der Waals surface area contributed by atoms with Gasteiger partial charge in [0.15, 0.2) is 0 Å². The van der Waals surface area contributed by atoms with Crippen LogP contribution in [0.15, 0.2) is 29.2 Å². The summed E-state index contributed by atoms with van der Waals surface area (Å²) in [6.45, 7) is 0.394. The lowest BCUT2D eigenvalue weighted by molar-refractivity contribution is -0.121. The SMILES string of the molecule is COc1ccc(S(=O)(=O)N2[C@@H]3CC[C@H]2CC(=O)NC3)cc1. The topological polar surface area (TPSA) is 75.7 Å². The molecule has 0 unspecified atom stereocenters. The van der Waals surface area contributed by atoms with Gasteiger partial charge in [-0.25, -0.2) is 8.42 Å². The van der Waals surface area contributed by atoms with E-state index in [2.05, 4.69) is 5.32 Å². The van der Waals surface area contributed by atoms with Crippen LogP contribution >= 0.6 is 0 Å². The number of carbonyl (C=O) groups excluding carboxylic acids is 1. The smallest absolute Gasteiger partial charge is 0.243 e. The summed E-state index contributed by atoms with van der Waals surface area (Å²) in [5, 5.41) is 2.78. The second-order valence-corrected chi connectivity index (χ2v) is 7.25. The Labute approximate surface area is 124 Å². The maximum Gasteiger partial charge on any atom is 0.243 e. The lowest BCUT2D eigenvalue weighted by Gasteiger charge is -2.26. The molecule has 0 aromatic heterocycles. The van der Waals surface area contributed by atoms with E-state index < -0.39 is 10.0 Å². The van der Waals surface area contributed by atoms with Crippen molar-refractivity contribution in [3.05, 3.63) is 24.3 Å². The van der Waals surface area contributed by atoms with Gasteiger partial charge in [0.25, 0.3) is 0 Å². The number of sulfonamides is 1. The molecule has 21 heavy (non-hydrogen) atoms. The van der Waals surface area contributed by atoms with Crippen molar-refractivity contribution >= 4 is 15.9 Å². The van der Waals surface area contributed by atoms with Crippen LogP contribution in [0, 0.1) is 0 Å². The first-order valence-corrected chi connectivity index (χ1v) is 8.40. The molecule has 2 aliphatic rings. The van der Waals surface area contributed by atoms with Gasteiger partial charge in [0, 0.05) is 25.0 Å². The molecule has 3 rings (SSSR count). The highest BCUT2D eigenvalue weighted by atomic mass is 32.2. The Morgan fingerprint density at radius 3 is 2.52 bits per heavy atom. The van der Waals surface area contributed by atoms with E-state index in [9.17, 15) is 13.2 Å². The van der Waals surface area contributed by atoms with Gasteiger partial charge in [0.2, 0.25) is 15.9 Å². The van der Waals surface area contributed by atoms with E-state index in [1.165, 1.54) is 11.4 Å². The third-order valence-electron chi connectivity index (χ3n) is 4.14. The molecule has 1 N–H and O–H groups in total. The second-order valence-electron chi connectivity index (χ2n) is 5.40. The number of amides is 1. The lowest BCUT2D eigenvalue weighted by Crippen LogP contribution is -2.42. The van der Waals surface area contributed by atoms with Gasteiger partial charge in [-0.1, -0.05) is 0 Å². The number of hydrogen-bond acceptors (Lipinski definition) is 4. The normalized spacial score (nSPS) is 26.2. The lowest BCUT2D eigenvalue weighted by atomic mass is 10.1. The van der Waals surface area contributed by atoms with Crippen molar-refractivity contribution in [2.45, 2.75) is 36.2 Å². The molecule has 2 bridgehead atoms. The van der Waals surface area contributed by atoms with Gasteiger partial charge in [-0.15, -0.1) is 0 Å². The zero-order valence-corrected chi connectivity index (χ0v) is 12.6. The Bertz CT molecular complexity index is 641. The number of nitrogens with zero attached hydrogens (tertiary/aromatic N) is 1. The maximum absolute atomic E-state index is 12.9. The minimum Gasteiger partial charge on any atom is -0.497 e. The van der Waals surface area contributed by atoms with Gasteiger partial charge >= 0.3 is 0 Å². The molecule has 6 nitrogen and oxygen atoms in total. The highest BCUT2D eigenvalue weighted by molar-refractivity contribution is 7.89. The fourth-order valence-corrected chi connectivity index (χ4v) is 4.97. The van der Waals surface area contributed by atoms with E-state index >= 15 is 0 Å². The van der Waals surface area contributed by atoms with Crippen LogP contribution < -0.4 is 10.1 Å². The molecule has 2 aliphatic heterocycles. The van der Waals surface area contributed by atoms with Crippen LogP contribution in [0.4, 0.5) is 0 Å². The molecular formula is C14H18N2O4S. The van der Waals surface area contributed by atoms with E-state index in [0.717, 1.165) is 12.8 Å². The van der Waals surface area contributed by atoms with Gasteiger partial charge in [0.05, 0.1) is 12.0 Å². The van der Waals surface area contributed by atoms with Crippen LogP contribution in [0.1, 0.15) is 19.3 Å². The molecule has 2 saturated heterocycles. The highest BCUT2D eigenvalue weighted by Crippen LogP contribution is 2.34. The van der Waals surface area contributed by atoms with Crippen LogP contribution in [-0.2, 0) is 14.8 Å². The van der Waals surface area contributed by atoms with Gasteiger partial charge < -0.3 is 10.1 Å². The van der Waals surface area contributed by atoms with Crippen LogP contribution in [0.5, 0.6) is 5.75 Å². The van der Waals surface area contributed by atoms with Gasteiger partial charge in [-0.2, -0.15) is 4.31 Å². The van der Waals surface area contributed by atoms with Crippen molar-refractivity contribution in [2.75, 3.05) is 13.7 Å². The summed E-state index contributed by atoms with van der Waals surface area (Å²) in [7, 11) is -2.05. The van der Waals surface area contributed by atoms with Crippen LogP contribution in [0.25, 0.3) is 0 Å². The summed E-state index contributed by atoms with van der Waals surface area (Å²) in [4.78, 5) is 11.9. The third-order valence-corrected chi connectivity index (χ3v) is 6.16. The van der Waals surface area contributed by atoms with Gasteiger partial charge in [-0.05, 0) is 37.1 Å². The molecule has 1 amide bonds. The van der Waals surface area contributed by atoms with Crippen molar-refractivity contribution in [1.29, 1.82) is 0 Å². The molecule has 2 atom stereocenters. The minimum absolute atomic E-state index is 0.0721. The van der Waals surface area contributed by atoms with E-state index in [4.69, 9.17) is 4.74 Å². The molecule has 0 aliphatic carbocycles. The number of nitrogens with one attached hydrogen (secondary N) is 1. The summed E-state index contributed by atoms with van der Waals surface area (Å²) >= 11 is 0. The minimum atomic E-state index is -3.58. The number of rotatable bonds is 3. The molecule has 0 saturated carbocycles. The average Bonchev–Trinajstić information content (AvgIpc) is 2.79. The summed E-state index contributed by atoms with van der Waals surface area (Å²) in [6.07, 6.45) is 1.78. The molecule has 1 aromatic rings. The number of methoxy groups -OCH3 is 1. The van der Waals surface area contributed by atoms with E-state index in [1.807, 2.05) is 0 Å². The largest absolute Gasteiger partial charge is 0.497 e. The molecule has 2 heterocycles. The molecule has 0 radical (unpaired) electrons. The number of fused-ring (bicyclic) bond motifs is 2. The Kier molecular flexibility index (Phi) is 3.62. The Morgan fingerprint density at radius 1 is 1.19 bits per heavy atom. The van der Waals surface area contributed by atoms with Crippen molar-refractivity contribution < 1.29 is 17.9 Å². The van der Waals surface area contributed by atoms with Crippen LogP contribution in [-0.4, -0.2) is 44.4 Å². The summed E-state index contributed by atoms with van der Waals surface area (Å²) in [5.41, 5.74) is 0. The van der Waals surface area contributed by atoms with Crippen molar-refractivity contribution in [3.63, 3.8) is 0 Å². The Morgan fingerprint density at radius 2 is 1.86 bits per heavy atom. The van der Waals surface area contributed by atoms with Crippen molar-refractivity contribution in [3.8, 4) is 5.75 Å². The van der Waals surface area contributed by atoms with Crippen molar-refractivity contribution in [1.82, 2.24) is 9.62 Å². The highest BCUT2D eigenvalue weighted by Gasteiger charge is 2.44. The summed E-state index contributed by atoms with van der Waals surface area (Å²) in [5.74, 6) is 0.543. The first kappa shape index (κ1) is 14.3. The van der Waals surface area contributed by atoms with Gasteiger partial charge in [0.1, 0.15) is 5.75 Å². The van der Waals surface area contributed by atoms with E-state index in [1.54, 1.807) is 24.3 Å². The number of benzene rings is 1. The molecule has 7 heteroatoms. The monoisotopic (exact) mass is 310 g/mol. The standard InChI is InChI=1S/C14H18N2O4S/c1-20-12-4-6-13(7-5-12)21(18,19)16-10-2-3-11(16)9-15-14(17)8-10/h4-7,10-11H,2-3,8-9H2,1H3,(H,15,17)/t10-,11+/m0/s1. The molecular weight excluding hydrogens is 292 g/mol. The third kappa shape index (κ3) is 2.51. The molecule has 0 spiro atoms. The molecule has 1 aromatic carbocycles.